The number of rotatable bonds is 1. The summed E-state index contributed by atoms with van der Waals surface area (Å²) in [4.78, 5) is 8.29. The number of anilines is 1. The van der Waals surface area contributed by atoms with Crippen LogP contribution in [-0.4, -0.2) is 11.5 Å². The molecule has 0 saturated carbocycles. The van der Waals surface area contributed by atoms with Gasteiger partial charge in [-0.1, -0.05) is 11.6 Å². The van der Waals surface area contributed by atoms with Gasteiger partial charge in [0, 0.05) is 17.6 Å². The van der Waals surface area contributed by atoms with Gasteiger partial charge in [-0.05, 0) is 52.4 Å². The first-order valence-corrected chi connectivity index (χ1v) is 7.86. The molecule has 0 N–H and O–H groups in total. The van der Waals surface area contributed by atoms with E-state index in [4.69, 9.17) is 11.6 Å². The van der Waals surface area contributed by atoms with Gasteiger partial charge < -0.3 is 4.90 Å². The van der Waals surface area contributed by atoms with E-state index >= 15 is 0 Å². The highest BCUT2D eigenvalue weighted by Gasteiger charge is 2.26. The maximum atomic E-state index is 5.95. The molecule has 1 aliphatic rings. The smallest absolute Gasteiger partial charge is 0.143 e. The zero-order valence-electron chi connectivity index (χ0n) is 9.86. The minimum absolute atomic E-state index is 0.366. The zero-order chi connectivity index (χ0) is 12.7. The second-order valence-electron chi connectivity index (χ2n) is 4.38. The van der Waals surface area contributed by atoms with E-state index in [1.54, 1.807) is 6.20 Å². The Morgan fingerprint density at radius 2 is 2.39 bits per heavy atom. The Hall–Kier alpha value is -0.580. The molecule has 0 amide bonds. The third-order valence-corrected chi connectivity index (χ3v) is 5.12. The molecule has 0 fully saturated rings. The number of halogens is 2. The van der Waals surface area contributed by atoms with Crippen molar-refractivity contribution in [2.45, 2.75) is 19.4 Å². The third kappa shape index (κ3) is 2.06. The molecular formula is C13H12BrClN2S. The van der Waals surface area contributed by atoms with Crippen LogP contribution in [0.5, 0.6) is 0 Å². The molecule has 18 heavy (non-hydrogen) atoms. The van der Waals surface area contributed by atoms with Crippen molar-refractivity contribution in [3.05, 3.63) is 43.6 Å². The summed E-state index contributed by atoms with van der Waals surface area (Å²) in [6.45, 7) is 3.23. The fourth-order valence-electron chi connectivity index (χ4n) is 2.42. The van der Waals surface area contributed by atoms with Crippen LogP contribution in [0.3, 0.4) is 0 Å². The Kier molecular flexibility index (Phi) is 3.34. The Labute approximate surface area is 124 Å². The molecule has 0 radical (unpaired) electrons. The first kappa shape index (κ1) is 12.5. The molecule has 0 aromatic carbocycles. The average molecular weight is 344 g/mol. The molecule has 1 unspecified atom stereocenters. The lowest BCUT2D eigenvalue weighted by Gasteiger charge is -2.35. The van der Waals surface area contributed by atoms with E-state index in [2.05, 4.69) is 44.2 Å². The second kappa shape index (κ2) is 4.83. The Balaban J connectivity index is 1.99. The number of fused-ring (bicyclic) bond motifs is 1. The number of hydrogen-bond acceptors (Lipinski definition) is 3. The number of nitrogens with zero attached hydrogens (tertiary/aromatic N) is 2. The molecule has 94 valence electrons. The highest BCUT2D eigenvalue weighted by atomic mass is 79.9. The van der Waals surface area contributed by atoms with Crippen LogP contribution in [0, 0.1) is 0 Å². The van der Waals surface area contributed by atoms with Gasteiger partial charge in [0.1, 0.15) is 5.82 Å². The maximum absolute atomic E-state index is 5.95. The van der Waals surface area contributed by atoms with Crippen LogP contribution < -0.4 is 4.90 Å². The monoisotopic (exact) mass is 342 g/mol. The van der Waals surface area contributed by atoms with Crippen molar-refractivity contribution in [3.8, 4) is 0 Å². The van der Waals surface area contributed by atoms with Crippen LogP contribution >= 0.6 is 38.9 Å². The van der Waals surface area contributed by atoms with Gasteiger partial charge in [-0.2, -0.15) is 0 Å². The van der Waals surface area contributed by atoms with Crippen molar-refractivity contribution >= 4 is 44.7 Å². The van der Waals surface area contributed by atoms with Gasteiger partial charge in [0.05, 0.1) is 15.5 Å². The molecule has 1 atom stereocenters. The molecule has 2 aromatic rings. The van der Waals surface area contributed by atoms with Crippen molar-refractivity contribution in [3.63, 3.8) is 0 Å². The van der Waals surface area contributed by atoms with Gasteiger partial charge in [-0.3, -0.25) is 0 Å². The molecule has 5 heteroatoms. The quantitative estimate of drug-likeness (QED) is 0.747. The predicted octanol–water partition coefficient (Wildman–Crippen LogP) is 4.68. The van der Waals surface area contributed by atoms with E-state index in [-0.39, 0.29) is 0 Å². The number of thiophene rings is 1. The summed E-state index contributed by atoms with van der Waals surface area (Å²) in [7, 11) is 0. The molecule has 1 aliphatic heterocycles. The van der Waals surface area contributed by atoms with Gasteiger partial charge in [-0.25, -0.2) is 4.98 Å². The van der Waals surface area contributed by atoms with Crippen molar-refractivity contribution in [1.82, 2.24) is 4.98 Å². The Bertz CT molecular complexity index is 584. The maximum Gasteiger partial charge on any atom is 0.143 e. The van der Waals surface area contributed by atoms with Crippen LogP contribution in [0.4, 0.5) is 5.82 Å². The topological polar surface area (TPSA) is 16.1 Å². The minimum atomic E-state index is 0.366. The van der Waals surface area contributed by atoms with Crippen LogP contribution in [0.15, 0.2) is 28.2 Å². The first-order valence-electron chi connectivity index (χ1n) is 5.81. The lowest BCUT2D eigenvalue weighted by Crippen LogP contribution is -2.33. The largest absolute Gasteiger partial charge is 0.349 e. The van der Waals surface area contributed by atoms with E-state index < -0.39 is 0 Å². The van der Waals surface area contributed by atoms with Gasteiger partial charge in [0.15, 0.2) is 0 Å². The van der Waals surface area contributed by atoms with Crippen LogP contribution in [-0.2, 0) is 6.42 Å². The lowest BCUT2D eigenvalue weighted by atomic mass is 10.0. The van der Waals surface area contributed by atoms with E-state index in [0.29, 0.717) is 11.1 Å². The standard InChI is InChI=1S/C13H12BrClN2S/c1-8-10-3-5-18-12(10)2-4-17(8)13-11(14)6-9(15)7-16-13/h3,5-8H,2,4H2,1H3. The van der Waals surface area contributed by atoms with Gasteiger partial charge in [0.2, 0.25) is 0 Å². The molecular weight excluding hydrogens is 332 g/mol. The SMILES string of the molecule is CC1c2ccsc2CCN1c1ncc(Cl)cc1Br. The van der Waals surface area contributed by atoms with Gasteiger partial charge >= 0.3 is 0 Å². The average Bonchev–Trinajstić information content (AvgIpc) is 2.80. The van der Waals surface area contributed by atoms with E-state index in [1.807, 2.05) is 17.4 Å². The predicted molar refractivity (Wildman–Crippen MR) is 80.7 cm³/mol. The summed E-state index contributed by atoms with van der Waals surface area (Å²) in [5, 5.41) is 2.83. The first-order chi connectivity index (χ1) is 8.66. The van der Waals surface area contributed by atoms with Crippen LogP contribution in [0.25, 0.3) is 0 Å². The number of hydrogen-bond donors (Lipinski definition) is 0. The molecule has 0 aliphatic carbocycles. The summed E-state index contributed by atoms with van der Waals surface area (Å²) in [5.74, 6) is 0.976. The van der Waals surface area contributed by atoms with Crippen LogP contribution in [0.1, 0.15) is 23.4 Å². The fraction of sp³-hybridized carbons (Fsp3) is 0.308. The Morgan fingerprint density at radius 1 is 1.56 bits per heavy atom. The third-order valence-electron chi connectivity index (χ3n) is 3.34. The summed E-state index contributed by atoms with van der Waals surface area (Å²) >= 11 is 11.4. The molecule has 3 rings (SSSR count). The Morgan fingerprint density at radius 3 is 3.17 bits per heavy atom. The van der Waals surface area contributed by atoms with Crippen molar-refractivity contribution < 1.29 is 0 Å². The molecule has 3 heterocycles. The van der Waals surface area contributed by atoms with Crippen molar-refractivity contribution in [2.24, 2.45) is 0 Å². The highest BCUT2D eigenvalue weighted by Crippen LogP contribution is 2.38. The molecule has 0 bridgehead atoms. The summed E-state index contributed by atoms with van der Waals surface area (Å²) < 4.78 is 0.959. The highest BCUT2D eigenvalue weighted by molar-refractivity contribution is 9.10. The lowest BCUT2D eigenvalue weighted by molar-refractivity contribution is 0.623. The van der Waals surface area contributed by atoms with Gasteiger partial charge in [-0.15, -0.1) is 11.3 Å². The number of pyridine rings is 1. The van der Waals surface area contributed by atoms with E-state index in [9.17, 15) is 0 Å². The normalized spacial score (nSPS) is 18.8. The second-order valence-corrected chi connectivity index (χ2v) is 6.67. The molecule has 2 aromatic heterocycles. The van der Waals surface area contributed by atoms with Crippen LogP contribution in [0.2, 0.25) is 5.02 Å². The molecule has 0 saturated heterocycles. The van der Waals surface area contributed by atoms with E-state index in [0.717, 1.165) is 23.3 Å². The molecule has 2 nitrogen and oxygen atoms in total. The minimum Gasteiger partial charge on any atom is -0.349 e. The molecule has 0 spiro atoms. The number of aromatic nitrogens is 1. The van der Waals surface area contributed by atoms with Crippen molar-refractivity contribution in [1.29, 1.82) is 0 Å². The van der Waals surface area contributed by atoms with Crippen molar-refractivity contribution in [2.75, 3.05) is 11.4 Å². The van der Waals surface area contributed by atoms with Gasteiger partial charge in [0.25, 0.3) is 0 Å². The van der Waals surface area contributed by atoms with E-state index in [1.165, 1.54) is 10.4 Å². The summed E-state index contributed by atoms with van der Waals surface area (Å²) in [5.41, 5.74) is 1.43. The summed E-state index contributed by atoms with van der Waals surface area (Å²) in [6, 6.07) is 4.49. The fourth-order valence-corrected chi connectivity index (χ4v) is 4.25. The zero-order valence-corrected chi connectivity index (χ0v) is 13.0. The summed E-state index contributed by atoms with van der Waals surface area (Å²) in [6.07, 6.45) is 2.80.